The van der Waals surface area contributed by atoms with Gasteiger partial charge in [0.25, 0.3) is 5.91 Å². The molecule has 3 heterocycles. The topological polar surface area (TPSA) is 121 Å². The molecular formula is C33H30FN7O4. The molecule has 5 aromatic rings. The van der Waals surface area contributed by atoms with Crippen LogP contribution in [0, 0.1) is 5.82 Å². The molecule has 45 heavy (non-hydrogen) atoms. The van der Waals surface area contributed by atoms with Gasteiger partial charge in [-0.15, -0.1) is 0 Å². The number of halogens is 1. The fourth-order valence-electron chi connectivity index (χ4n) is 5.50. The maximum absolute atomic E-state index is 14.1. The van der Waals surface area contributed by atoms with Crippen molar-refractivity contribution in [1.82, 2.24) is 24.0 Å². The summed E-state index contributed by atoms with van der Waals surface area (Å²) in [5.74, 6) is 0.894. The van der Waals surface area contributed by atoms with Crippen LogP contribution in [0.2, 0.25) is 0 Å². The van der Waals surface area contributed by atoms with Crippen LogP contribution in [0.15, 0.2) is 90.0 Å². The van der Waals surface area contributed by atoms with E-state index in [0.29, 0.717) is 71.2 Å². The van der Waals surface area contributed by atoms with E-state index in [4.69, 9.17) is 15.2 Å². The lowest BCUT2D eigenvalue weighted by atomic mass is 10.2. The first-order chi connectivity index (χ1) is 21.9. The normalized spacial score (nSPS) is 14.6. The Kier molecular flexibility index (Phi) is 7.26. The number of benzene rings is 3. The summed E-state index contributed by atoms with van der Waals surface area (Å²) in [4.78, 5) is 39.8. The summed E-state index contributed by atoms with van der Waals surface area (Å²) in [6.45, 7) is 1.42. The van der Waals surface area contributed by atoms with Crippen LogP contribution in [0.1, 0.15) is 12.8 Å². The summed E-state index contributed by atoms with van der Waals surface area (Å²) in [6.07, 6.45) is 7.16. The van der Waals surface area contributed by atoms with Crippen molar-refractivity contribution in [2.24, 2.45) is 0 Å². The highest BCUT2D eigenvalue weighted by molar-refractivity contribution is 6.03. The van der Waals surface area contributed by atoms with Gasteiger partial charge >= 0.3 is 5.69 Å². The Morgan fingerprint density at radius 3 is 2.64 bits per heavy atom. The molecule has 0 atom stereocenters. The molecule has 1 saturated carbocycles. The molecule has 11 nitrogen and oxygen atoms in total. The van der Waals surface area contributed by atoms with Gasteiger partial charge in [0.05, 0.1) is 23.6 Å². The van der Waals surface area contributed by atoms with Crippen molar-refractivity contribution in [2.75, 3.05) is 37.4 Å². The van der Waals surface area contributed by atoms with Gasteiger partial charge in [-0.3, -0.25) is 14.3 Å². The Hall–Kier alpha value is -5.49. The van der Waals surface area contributed by atoms with Crippen molar-refractivity contribution in [3.63, 3.8) is 0 Å². The van der Waals surface area contributed by atoms with E-state index in [2.05, 4.69) is 21.9 Å². The molecule has 2 aromatic heterocycles. The van der Waals surface area contributed by atoms with Gasteiger partial charge in [-0.2, -0.15) is 0 Å². The smallest absolute Gasteiger partial charge is 0.339 e. The summed E-state index contributed by atoms with van der Waals surface area (Å²) in [7, 11) is 2.06. The first kappa shape index (κ1) is 28.3. The number of likely N-dealkylation sites (N-methyl/N-ethyl adjacent to an activating group) is 1. The average molecular weight is 608 g/mol. The number of aromatic nitrogens is 4. The number of nitrogen functional groups attached to an aromatic ring is 1. The zero-order valence-electron chi connectivity index (χ0n) is 24.5. The van der Waals surface area contributed by atoms with E-state index in [1.165, 1.54) is 40.4 Å². The number of hydrogen-bond acceptors (Lipinski definition) is 8. The van der Waals surface area contributed by atoms with Crippen LogP contribution in [0.5, 0.6) is 17.2 Å². The number of hydrogen-bond donors (Lipinski definition) is 1. The minimum absolute atomic E-state index is 0.121. The predicted molar refractivity (Wildman–Crippen MR) is 168 cm³/mol. The van der Waals surface area contributed by atoms with Gasteiger partial charge in [0.2, 0.25) is 0 Å². The summed E-state index contributed by atoms with van der Waals surface area (Å²) < 4.78 is 28.1. The second-order valence-electron chi connectivity index (χ2n) is 11.0. The fourth-order valence-corrected chi connectivity index (χ4v) is 5.50. The van der Waals surface area contributed by atoms with Crippen LogP contribution < -0.4 is 25.8 Å². The summed E-state index contributed by atoms with van der Waals surface area (Å²) in [5.41, 5.74) is 8.01. The molecule has 2 N–H and O–H groups in total. The van der Waals surface area contributed by atoms with E-state index in [1.807, 2.05) is 6.08 Å². The van der Waals surface area contributed by atoms with E-state index in [-0.39, 0.29) is 11.7 Å². The molecule has 3 aromatic carbocycles. The van der Waals surface area contributed by atoms with E-state index >= 15 is 0 Å². The predicted octanol–water partition coefficient (Wildman–Crippen LogP) is 4.46. The van der Waals surface area contributed by atoms with E-state index < -0.39 is 11.5 Å². The Labute approximate surface area is 257 Å². The number of ether oxygens (including phenoxy) is 2. The van der Waals surface area contributed by atoms with Crippen LogP contribution in [-0.4, -0.2) is 62.7 Å². The maximum atomic E-state index is 14.1. The Bertz CT molecular complexity index is 2000. The van der Waals surface area contributed by atoms with Gasteiger partial charge in [0.1, 0.15) is 41.5 Å². The zero-order valence-corrected chi connectivity index (χ0v) is 24.5. The number of amides is 1. The zero-order chi connectivity index (χ0) is 31.1. The summed E-state index contributed by atoms with van der Waals surface area (Å²) in [5, 5.41) is 0. The van der Waals surface area contributed by atoms with E-state index in [1.54, 1.807) is 65.6 Å². The number of fused-ring (bicyclic) bond motifs is 2. The Morgan fingerprint density at radius 2 is 1.87 bits per heavy atom. The molecule has 228 valence electrons. The second kappa shape index (κ2) is 11.5. The molecule has 1 fully saturated rings. The van der Waals surface area contributed by atoms with Gasteiger partial charge in [-0.05, 0) is 74.5 Å². The summed E-state index contributed by atoms with van der Waals surface area (Å²) in [6, 6.07) is 18.4. The van der Waals surface area contributed by atoms with Crippen LogP contribution in [0.3, 0.4) is 0 Å². The van der Waals surface area contributed by atoms with Crippen LogP contribution >= 0.6 is 0 Å². The highest BCUT2D eigenvalue weighted by Crippen LogP contribution is 2.35. The maximum Gasteiger partial charge on any atom is 0.339 e. The van der Waals surface area contributed by atoms with Crippen molar-refractivity contribution in [2.45, 2.75) is 18.9 Å². The number of nitrogens with zero attached hydrogens (tertiary/aromatic N) is 6. The highest BCUT2D eigenvalue weighted by atomic mass is 19.1. The van der Waals surface area contributed by atoms with Crippen molar-refractivity contribution in [1.29, 1.82) is 0 Å². The molecule has 1 aliphatic carbocycles. The van der Waals surface area contributed by atoms with Gasteiger partial charge in [0.15, 0.2) is 11.5 Å². The molecule has 0 radical (unpaired) electrons. The van der Waals surface area contributed by atoms with Crippen molar-refractivity contribution in [3.8, 4) is 28.6 Å². The van der Waals surface area contributed by atoms with E-state index in [0.717, 1.165) is 0 Å². The molecule has 7 rings (SSSR count). The first-order valence-corrected chi connectivity index (χ1v) is 14.6. The van der Waals surface area contributed by atoms with Crippen molar-refractivity contribution < 1.29 is 18.7 Å². The molecule has 0 unspecified atom stereocenters. The standard InChI is InChI=1S/C33H30FN7O4/c1-38(22-7-8-22)15-3-6-29(42)39-16-17-44-28-14-11-24(19-27(28)39)41-32-30(31(35)36-20-37-32)40(33(41)43)23-9-12-25(13-10-23)45-26-5-2-4-21(34)18-26/h2-6,9-14,18-20,22H,7-8,15-17H2,1H3,(H2,35,36,37)/b6-3+. The van der Waals surface area contributed by atoms with Crippen molar-refractivity contribution >= 4 is 28.6 Å². The van der Waals surface area contributed by atoms with Crippen molar-refractivity contribution in [3.05, 3.63) is 102 Å². The molecule has 1 amide bonds. The van der Waals surface area contributed by atoms with Crippen LogP contribution in [-0.2, 0) is 4.79 Å². The number of rotatable bonds is 8. The third-order valence-corrected chi connectivity index (χ3v) is 7.93. The van der Waals surface area contributed by atoms with Crippen LogP contribution in [0.25, 0.3) is 22.5 Å². The third kappa shape index (κ3) is 5.51. The second-order valence-corrected chi connectivity index (χ2v) is 11.0. The number of anilines is 2. The molecule has 2 aliphatic rings. The molecule has 0 bridgehead atoms. The first-order valence-electron chi connectivity index (χ1n) is 14.6. The minimum Gasteiger partial charge on any atom is -0.490 e. The molecule has 0 saturated heterocycles. The average Bonchev–Trinajstić information content (AvgIpc) is 3.84. The van der Waals surface area contributed by atoms with Gasteiger partial charge < -0.3 is 20.1 Å². The molecule has 1 aliphatic heterocycles. The molecular weight excluding hydrogens is 577 g/mol. The largest absolute Gasteiger partial charge is 0.490 e. The van der Waals surface area contributed by atoms with Gasteiger partial charge in [-0.25, -0.2) is 23.7 Å². The number of carbonyl (C=O) groups excluding carboxylic acids is 1. The van der Waals surface area contributed by atoms with Gasteiger partial charge in [-0.1, -0.05) is 12.1 Å². The minimum atomic E-state index is -0.437. The number of nitrogens with two attached hydrogens (primary N) is 1. The SMILES string of the molecule is CN(C/C=C/C(=O)N1CCOc2ccc(-n3c(=O)n(-c4ccc(Oc5cccc(F)c5)cc4)c4c(N)ncnc43)cc21)C1CC1. The van der Waals surface area contributed by atoms with Crippen LogP contribution in [0.4, 0.5) is 15.9 Å². The van der Waals surface area contributed by atoms with E-state index in [9.17, 15) is 14.0 Å². The quantitative estimate of drug-likeness (QED) is 0.257. The summed E-state index contributed by atoms with van der Waals surface area (Å²) >= 11 is 0. The monoisotopic (exact) mass is 607 g/mol. The molecule has 12 heteroatoms. The molecule has 0 spiro atoms. The third-order valence-electron chi connectivity index (χ3n) is 7.93. The Balaban J connectivity index is 1.24. The Morgan fingerprint density at radius 1 is 1.07 bits per heavy atom. The number of carbonyl (C=O) groups is 1. The van der Waals surface area contributed by atoms with Gasteiger partial charge in [0, 0.05) is 24.7 Å². The lowest BCUT2D eigenvalue weighted by Crippen LogP contribution is -2.37. The number of imidazole rings is 1. The lowest BCUT2D eigenvalue weighted by molar-refractivity contribution is -0.114. The lowest BCUT2D eigenvalue weighted by Gasteiger charge is -2.29. The highest BCUT2D eigenvalue weighted by Gasteiger charge is 2.27. The fraction of sp³-hybridized carbons (Fsp3) is 0.212.